The molecule has 1 N–H and O–H groups in total. The number of hydrogen-bond donors (Lipinski definition) is 1. The first-order valence-electron chi connectivity index (χ1n) is 2.74. The Bertz CT molecular complexity index is 214. The molecule has 0 fully saturated rings. The Labute approximate surface area is 76.8 Å². The molecule has 0 saturated carbocycles. The van der Waals surface area contributed by atoms with E-state index in [1.54, 1.807) is 13.0 Å². The van der Waals surface area contributed by atoms with Crippen molar-refractivity contribution < 1.29 is 5.11 Å². The van der Waals surface area contributed by atoms with E-state index in [9.17, 15) is 0 Å². The van der Waals surface area contributed by atoms with Crippen LogP contribution in [0.15, 0.2) is 9.85 Å². The minimum absolute atomic E-state index is 0.422. The van der Waals surface area contributed by atoms with Crippen LogP contribution in [0.5, 0.6) is 0 Å². The van der Waals surface area contributed by atoms with E-state index < -0.39 is 6.10 Å². The molecule has 0 bridgehead atoms. The molecule has 1 aromatic heterocycles. The van der Waals surface area contributed by atoms with Gasteiger partial charge in [0.25, 0.3) is 0 Å². The Balaban J connectivity index is 2.98. The first kappa shape index (κ1) is 8.53. The maximum atomic E-state index is 9.09. The van der Waals surface area contributed by atoms with Gasteiger partial charge >= 0.3 is 0 Å². The lowest BCUT2D eigenvalue weighted by Crippen LogP contribution is -1.83. The molecule has 0 aromatic carbocycles. The number of rotatable bonds is 1. The van der Waals surface area contributed by atoms with Gasteiger partial charge in [0, 0.05) is 4.88 Å². The van der Waals surface area contributed by atoms with Gasteiger partial charge in [0.2, 0.25) is 0 Å². The normalized spacial score (nSPS) is 13.6. The molecule has 1 aromatic rings. The molecule has 0 unspecified atom stereocenters. The van der Waals surface area contributed by atoms with Crippen LogP contribution in [0.4, 0.5) is 0 Å². The smallest absolute Gasteiger partial charge is 0.0888 e. The van der Waals surface area contributed by atoms with Crippen LogP contribution in [0.2, 0.25) is 5.02 Å². The summed E-state index contributed by atoms with van der Waals surface area (Å²) in [5, 5.41) is 9.76. The van der Waals surface area contributed by atoms with Crippen LogP contribution in [0.25, 0.3) is 0 Å². The van der Waals surface area contributed by atoms with E-state index in [0.29, 0.717) is 5.02 Å². The van der Waals surface area contributed by atoms with Gasteiger partial charge in [-0.3, -0.25) is 0 Å². The van der Waals surface area contributed by atoms with E-state index in [2.05, 4.69) is 15.9 Å². The highest BCUT2D eigenvalue weighted by atomic mass is 79.9. The number of thiophene rings is 1. The Morgan fingerprint density at radius 2 is 2.40 bits per heavy atom. The van der Waals surface area contributed by atoms with Crippen molar-refractivity contribution in [3.63, 3.8) is 0 Å². The van der Waals surface area contributed by atoms with E-state index >= 15 is 0 Å². The summed E-state index contributed by atoms with van der Waals surface area (Å²) in [5.74, 6) is 0. The topological polar surface area (TPSA) is 20.2 Å². The number of halogens is 2. The third-order valence-electron chi connectivity index (χ3n) is 1.08. The molecule has 0 aliphatic rings. The fraction of sp³-hybridized carbons (Fsp3) is 0.333. The molecule has 4 heteroatoms. The zero-order valence-corrected chi connectivity index (χ0v) is 8.42. The summed E-state index contributed by atoms with van der Waals surface area (Å²) in [7, 11) is 0. The van der Waals surface area contributed by atoms with Crippen LogP contribution in [-0.2, 0) is 0 Å². The van der Waals surface area contributed by atoms with Crippen molar-refractivity contribution in [2.45, 2.75) is 13.0 Å². The molecule has 1 atom stereocenters. The van der Waals surface area contributed by atoms with Gasteiger partial charge in [0.1, 0.15) is 0 Å². The van der Waals surface area contributed by atoms with E-state index in [1.165, 1.54) is 11.3 Å². The lowest BCUT2D eigenvalue weighted by atomic mass is 10.3. The molecule has 1 nitrogen and oxygen atoms in total. The maximum Gasteiger partial charge on any atom is 0.0888 e. The molecule has 1 heterocycles. The van der Waals surface area contributed by atoms with Gasteiger partial charge in [0.15, 0.2) is 0 Å². The van der Waals surface area contributed by atoms with Crippen LogP contribution in [-0.4, -0.2) is 5.11 Å². The van der Waals surface area contributed by atoms with Crippen LogP contribution in [0.3, 0.4) is 0 Å². The average Bonchev–Trinajstić information content (AvgIpc) is 2.13. The number of aliphatic hydroxyl groups is 1. The van der Waals surface area contributed by atoms with Gasteiger partial charge in [-0.05, 0) is 28.9 Å². The summed E-state index contributed by atoms with van der Waals surface area (Å²) in [6.07, 6.45) is -0.422. The molecule has 0 amide bonds. The number of hydrogen-bond acceptors (Lipinski definition) is 2. The summed E-state index contributed by atoms with van der Waals surface area (Å²) < 4.78 is 0.880. The summed E-state index contributed by atoms with van der Waals surface area (Å²) in [5.41, 5.74) is 0. The van der Waals surface area contributed by atoms with Crippen molar-refractivity contribution in [1.82, 2.24) is 0 Å². The fourth-order valence-corrected chi connectivity index (χ4v) is 2.25. The third-order valence-corrected chi connectivity index (χ3v) is 3.72. The van der Waals surface area contributed by atoms with Crippen LogP contribution < -0.4 is 0 Å². The first-order valence-corrected chi connectivity index (χ1v) is 4.73. The first-order chi connectivity index (χ1) is 4.61. The second kappa shape index (κ2) is 3.22. The molecular weight excluding hydrogens is 235 g/mol. The van der Waals surface area contributed by atoms with Crippen molar-refractivity contribution in [1.29, 1.82) is 0 Å². The molecule has 0 aliphatic carbocycles. The Kier molecular flexibility index (Phi) is 2.74. The standard InChI is InChI=1S/C6H6BrClOS/c1-3(9)5-2-4(8)6(7)10-5/h2-3,9H,1H3/t3-/m1/s1. The molecule has 1 rings (SSSR count). The predicted molar refractivity (Wildman–Crippen MR) is 47.7 cm³/mol. The summed E-state index contributed by atoms with van der Waals surface area (Å²) >= 11 is 10.4. The quantitative estimate of drug-likeness (QED) is 0.800. The highest BCUT2D eigenvalue weighted by Crippen LogP contribution is 2.34. The average molecular weight is 242 g/mol. The highest BCUT2D eigenvalue weighted by Gasteiger charge is 2.07. The maximum absolute atomic E-state index is 9.09. The van der Waals surface area contributed by atoms with E-state index in [0.717, 1.165) is 8.66 Å². The van der Waals surface area contributed by atoms with Gasteiger partial charge in [-0.2, -0.15) is 0 Å². The minimum atomic E-state index is -0.422. The summed E-state index contributed by atoms with van der Waals surface area (Å²) in [4.78, 5) is 0.886. The van der Waals surface area contributed by atoms with E-state index in [1.807, 2.05) is 0 Å². The monoisotopic (exact) mass is 240 g/mol. The van der Waals surface area contributed by atoms with Crippen molar-refractivity contribution in [3.05, 3.63) is 19.8 Å². The predicted octanol–water partition coefficient (Wildman–Crippen LogP) is 3.22. The van der Waals surface area contributed by atoms with Gasteiger partial charge in [-0.1, -0.05) is 11.6 Å². The molecule has 56 valence electrons. The Morgan fingerprint density at radius 3 is 2.60 bits per heavy atom. The molecular formula is C6H6BrClOS. The van der Waals surface area contributed by atoms with Crippen molar-refractivity contribution >= 4 is 38.9 Å². The second-order valence-electron chi connectivity index (χ2n) is 1.95. The van der Waals surface area contributed by atoms with Gasteiger partial charge in [-0.25, -0.2) is 0 Å². The van der Waals surface area contributed by atoms with Gasteiger partial charge in [0.05, 0.1) is 14.9 Å². The number of aliphatic hydroxyl groups excluding tert-OH is 1. The summed E-state index contributed by atoms with van der Waals surface area (Å²) in [6, 6.07) is 1.76. The zero-order chi connectivity index (χ0) is 7.72. The van der Waals surface area contributed by atoms with Crippen molar-refractivity contribution in [2.24, 2.45) is 0 Å². The Hall–Kier alpha value is 0.430. The van der Waals surface area contributed by atoms with Crippen LogP contribution in [0, 0.1) is 0 Å². The molecule has 10 heavy (non-hydrogen) atoms. The SMILES string of the molecule is C[C@@H](O)c1cc(Cl)c(Br)s1. The van der Waals surface area contributed by atoms with Crippen molar-refractivity contribution in [3.8, 4) is 0 Å². The molecule has 0 spiro atoms. The van der Waals surface area contributed by atoms with Gasteiger partial charge in [-0.15, -0.1) is 11.3 Å². The molecule has 0 radical (unpaired) electrons. The highest BCUT2D eigenvalue weighted by molar-refractivity contribution is 9.11. The van der Waals surface area contributed by atoms with Gasteiger partial charge < -0.3 is 5.11 Å². The zero-order valence-electron chi connectivity index (χ0n) is 5.27. The fourth-order valence-electron chi connectivity index (χ4n) is 0.569. The second-order valence-corrected chi connectivity index (χ2v) is 4.76. The van der Waals surface area contributed by atoms with Crippen molar-refractivity contribution in [2.75, 3.05) is 0 Å². The van der Waals surface area contributed by atoms with E-state index in [4.69, 9.17) is 16.7 Å². The lowest BCUT2D eigenvalue weighted by molar-refractivity contribution is 0.203. The largest absolute Gasteiger partial charge is 0.388 e. The third kappa shape index (κ3) is 1.72. The summed E-state index contributed by atoms with van der Waals surface area (Å²) in [6.45, 7) is 1.72. The minimum Gasteiger partial charge on any atom is -0.388 e. The van der Waals surface area contributed by atoms with E-state index in [-0.39, 0.29) is 0 Å². The molecule has 0 aliphatic heterocycles. The van der Waals surface area contributed by atoms with Crippen LogP contribution in [0.1, 0.15) is 17.9 Å². The van der Waals surface area contributed by atoms with Crippen LogP contribution >= 0.6 is 38.9 Å². The lowest BCUT2D eigenvalue weighted by Gasteiger charge is -1.95. The Morgan fingerprint density at radius 1 is 1.80 bits per heavy atom. The molecule has 0 saturated heterocycles.